The molecule has 0 radical (unpaired) electrons. The highest BCUT2D eigenvalue weighted by atomic mass is 35.5. The summed E-state index contributed by atoms with van der Waals surface area (Å²) in [5.74, 6) is 0.777. The van der Waals surface area contributed by atoms with Crippen LogP contribution in [0.1, 0.15) is 23.0 Å². The number of benzene rings is 2. The van der Waals surface area contributed by atoms with E-state index in [0.717, 1.165) is 5.56 Å². The van der Waals surface area contributed by atoms with Gasteiger partial charge in [0.25, 0.3) is 0 Å². The smallest absolute Gasteiger partial charge is 0.248 e. The maximum Gasteiger partial charge on any atom is 0.248 e. The van der Waals surface area contributed by atoms with E-state index in [2.05, 4.69) is 5.32 Å². The Kier molecular flexibility index (Phi) is 5.79. The monoisotopic (exact) mass is 399 g/mol. The summed E-state index contributed by atoms with van der Waals surface area (Å²) >= 11 is 12.0. The van der Waals surface area contributed by atoms with Crippen molar-refractivity contribution in [3.63, 3.8) is 0 Å². The number of ketones is 1. The fourth-order valence-electron chi connectivity index (χ4n) is 2.42. The van der Waals surface area contributed by atoms with Gasteiger partial charge in [-0.3, -0.25) is 9.59 Å². The SMILES string of the molecule is CC(=O)c1ccc(NC(=O)/C=C/c2ccc(-c3cc(Cl)cc(Cl)c3)o2)cc1. The Labute approximate surface area is 166 Å². The first kappa shape index (κ1) is 19.0. The molecular weight excluding hydrogens is 385 g/mol. The van der Waals surface area contributed by atoms with Crippen molar-refractivity contribution < 1.29 is 14.0 Å². The third-order valence-electron chi connectivity index (χ3n) is 3.73. The molecule has 1 aromatic heterocycles. The van der Waals surface area contributed by atoms with Crippen molar-refractivity contribution >= 4 is 46.7 Å². The molecule has 0 spiro atoms. The minimum atomic E-state index is -0.311. The second-order valence-corrected chi connectivity index (χ2v) is 6.69. The van der Waals surface area contributed by atoms with Crippen LogP contribution < -0.4 is 5.32 Å². The van der Waals surface area contributed by atoms with Gasteiger partial charge in [-0.1, -0.05) is 23.2 Å². The van der Waals surface area contributed by atoms with Gasteiger partial charge in [-0.05, 0) is 67.6 Å². The van der Waals surface area contributed by atoms with Crippen LogP contribution >= 0.6 is 23.2 Å². The summed E-state index contributed by atoms with van der Waals surface area (Å²) in [5, 5.41) is 3.75. The van der Waals surface area contributed by atoms with Crippen molar-refractivity contribution in [2.45, 2.75) is 6.92 Å². The average molecular weight is 400 g/mol. The molecule has 2 aromatic carbocycles. The first-order chi connectivity index (χ1) is 12.9. The van der Waals surface area contributed by atoms with E-state index in [4.69, 9.17) is 27.6 Å². The molecule has 4 nitrogen and oxygen atoms in total. The lowest BCUT2D eigenvalue weighted by Gasteiger charge is -2.02. The predicted molar refractivity (Wildman–Crippen MR) is 108 cm³/mol. The first-order valence-electron chi connectivity index (χ1n) is 8.07. The summed E-state index contributed by atoms with van der Waals surface area (Å²) in [4.78, 5) is 23.3. The lowest BCUT2D eigenvalue weighted by atomic mass is 10.1. The maximum absolute atomic E-state index is 12.0. The summed E-state index contributed by atoms with van der Waals surface area (Å²) in [6, 6.07) is 15.3. The molecule has 0 atom stereocenters. The molecular formula is C21H15Cl2NO3. The lowest BCUT2D eigenvalue weighted by molar-refractivity contribution is -0.111. The van der Waals surface area contributed by atoms with Crippen molar-refractivity contribution in [2.75, 3.05) is 5.32 Å². The van der Waals surface area contributed by atoms with Gasteiger partial charge in [-0.15, -0.1) is 0 Å². The molecule has 1 amide bonds. The van der Waals surface area contributed by atoms with Crippen LogP contribution in [0.5, 0.6) is 0 Å². The summed E-state index contributed by atoms with van der Waals surface area (Å²) in [7, 11) is 0. The largest absolute Gasteiger partial charge is 0.457 e. The standard InChI is InChI=1S/C21H15Cl2NO3/c1-13(25)14-2-4-18(5-3-14)24-21(26)9-7-19-6-8-20(27-19)15-10-16(22)12-17(23)11-15/h2-12H,1H3,(H,24,26)/b9-7+. The average Bonchev–Trinajstić information content (AvgIpc) is 3.09. The van der Waals surface area contributed by atoms with E-state index >= 15 is 0 Å². The minimum Gasteiger partial charge on any atom is -0.457 e. The highest BCUT2D eigenvalue weighted by Gasteiger charge is 2.06. The summed E-state index contributed by atoms with van der Waals surface area (Å²) in [6.07, 6.45) is 2.93. The summed E-state index contributed by atoms with van der Waals surface area (Å²) in [5.41, 5.74) is 1.94. The second kappa shape index (κ2) is 8.25. The molecule has 3 aromatic rings. The number of nitrogens with one attached hydrogen (secondary N) is 1. The molecule has 27 heavy (non-hydrogen) atoms. The number of halogens is 2. The Bertz CT molecular complexity index is 1000. The molecule has 6 heteroatoms. The highest BCUT2D eigenvalue weighted by Crippen LogP contribution is 2.28. The summed E-state index contributed by atoms with van der Waals surface area (Å²) in [6.45, 7) is 1.49. The highest BCUT2D eigenvalue weighted by molar-refractivity contribution is 6.35. The van der Waals surface area contributed by atoms with E-state index in [0.29, 0.717) is 32.8 Å². The van der Waals surface area contributed by atoms with Crippen molar-refractivity contribution in [1.82, 2.24) is 0 Å². The van der Waals surface area contributed by atoms with E-state index < -0.39 is 0 Å². The van der Waals surface area contributed by atoms with Crippen LogP contribution in [-0.2, 0) is 4.79 Å². The van der Waals surface area contributed by atoms with Crippen LogP contribution in [-0.4, -0.2) is 11.7 Å². The first-order valence-corrected chi connectivity index (χ1v) is 8.83. The van der Waals surface area contributed by atoms with Crippen LogP contribution in [0.2, 0.25) is 10.0 Å². The summed E-state index contributed by atoms with van der Waals surface area (Å²) < 4.78 is 5.70. The van der Waals surface area contributed by atoms with Crippen LogP contribution in [0.25, 0.3) is 17.4 Å². The number of Topliss-reactive ketones (excluding diaryl/α,β-unsaturated/α-hetero) is 1. The molecule has 0 saturated carbocycles. The van der Waals surface area contributed by atoms with Gasteiger partial charge >= 0.3 is 0 Å². The zero-order valence-electron chi connectivity index (χ0n) is 14.3. The fourth-order valence-corrected chi connectivity index (χ4v) is 2.95. The number of carbonyl (C=O) groups excluding carboxylic acids is 2. The number of hydrogen-bond acceptors (Lipinski definition) is 3. The molecule has 1 heterocycles. The number of carbonyl (C=O) groups is 2. The normalized spacial score (nSPS) is 10.9. The molecule has 0 aliphatic rings. The van der Waals surface area contributed by atoms with Crippen LogP contribution in [0.15, 0.2) is 65.1 Å². The van der Waals surface area contributed by atoms with Gasteiger partial charge in [-0.25, -0.2) is 0 Å². The Morgan fingerprint density at radius 1 is 0.963 bits per heavy atom. The molecule has 0 fully saturated rings. The Morgan fingerprint density at radius 2 is 1.63 bits per heavy atom. The van der Waals surface area contributed by atoms with Gasteiger partial charge in [0.05, 0.1) is 0 Å². The van der Waals surface area contributed by atoms with Gasteiger partial charge < -0.3 is 9.73 Å². The number of amides is 1. The number of rotatable bonds is 5. The van der Waals surface area contributed by atoms with Crippen molar-refractivity contribution in [3.05, 3.63) is 82.0 Å². The Hall–Kier alpha value is -2.82. The number of furan rings is 1. The number of hydrogen-bond donors (Lipinski definition) is 1. The fraction of sp³-hybridized carbons (Fsp3) is 0.0476. The molecule has 3 rings (SSSR count). The number of anilines is 1. The van der Waals surface area contributed by atoms with Gasteiger partial charge in [0, 0.05) is 32.9 Å². The van der Waals surface area contributed by atoms with E-state index in [1.807, 2.05) is 0 Å². The van der Waals surface area contributed by atoms with Gasteiger partial charge in [0.1, 0.15) is 11.5 Å². The zero-order chi connectivity index (χ0) is 19.4. The van der Waals surface area contributed by atoms with E-state index in [-0.39, 0.29) is 11.7 Å². The van der Waals surface area contributed by atoms with E-state index in [1.54, 1.807) is 60.7 Å². The molecule has 1 N–H and O–H groups in total. The molecule has 0 aliphatic carbocycles. The third kappa shape index (κ3) is 5.09. The maximum atomic E-state index is 12.0. The Morgan fingerprint density at radius 3 is 2.26 bits per heavy atom. The minimum absolute atomic E-state index is 0.0256. The Balaban J connectivity index is 1.66. The third-order valence-corrected chi connectivity index (χ3v) is 4.17. The topological polar surface area (TPSA) is 59.3 Å². The zero-order valence-corrected chi connectivity index (χ0v) is 15.8. The van der Waals surface area contributed by atoms with Gasteiger partial charge in [-0.2, -0.15) is 0 Å². The quantitative estimate of drug-likeness (QED) is 0.415. The molecule has 0 aliphatic heterocycles. The van der Waals surface area contributed by atoms with E-state index in [1.165, 1.54) is 13.0 Å². The molecule has 0 bridgehead atoms. The van der Waals surface area contributed by atoms with Crippen molar-refractivity contribution in [1.29, 1.82) is 0 Å². The van der Waals surface area contributed by atoms with Crippen molar-refractivity contribution in [2.24, 2.45) is 0 Å². The predicted octanol–water partition coefficient (Wildman–Crippen LogP) is 6.11. The molecule has 0 saturated heterocycles. The lowest BCUT2D eigenvalue weighted by Crippen LogP contribution is -2.07. The van der Waals surface area contributed by atoms with E-state index in [9.17, 15) is 9.59 Å². The van der Waals surface area contributed by atoms with Crippen LogP contribution in [0.3, 0.4) is 0 Å². The van der Waals surface area contributed by atoms with Crippen LogP contribution in [0, 0.1) is 0 Å². The molecule has 136 valence electrons. The van der Waals surface area contributed by atoms with Crippen LogP contribution in [0.4, 0.5) is 5.69 Å². The second-order valence-electron chi connectivity index (χ2n) is 5.82. The molecule has 0 unspecified atom stereocenters. The van der Waals surface area contributed by atoms with Crippen molar-refractivity contribution in [3.8, 4) is 11.3 Å². The van der Waals surface area contributed by atoms with Gasteiger partial charge in [0.2, 0.25) is 5.91 Å². The van der Waals surface area contributed by atoms with Gasteiger partial charge in [0.15, 0.2) is 5.78 Å².